The van der Waals surface area contributed by atoms with E-state index in [2.05, 4.69) is 48.1 Å². The number of nitrogen functional groups attached to an aromatic ring is 1. The topological polar surface area (TPSA) is 67.1 Å². The number of aryl methyl sites for hydroxylation is 1. The molecule has 18 heavy (non-hydrogen) atoms. The predicted molar refractivity (Wildman–Crippen MR) is 76.6 cm³/mol. The Bertz CT molecular complexity index is 403. The number of hydrogen-bond donors (Lipinski definition) is 2. The van der Waals surface area contributed by atoms with E-state index in [9.17, 15) is 0 Å². The normalized spacial score (nSPS) is 12.7. The fraction of sp³-hybridized carbons (Fsp3) is 0.692. The minimum atomic E-state index is 0.434. The molecule has 1 atom stereocenters. The quantitative estimate of drug-likeness (QED) is 0.620. The highest BCUT2D eigenvalue weighted by molar-refractivity contribution is 5.58. The lowest BCUT2D eigenvalue weighted by Crippen LogP contribution is -2.32. The van der Waals surface area contributed by atoms with Crippen molar-refractivity contribution in [2.45, 2.75) is 47.1 Å². The van der Waals surface area contributed by atoms with Gasteiger partial charge in [0.1, 0.15) is 17.5 Å². The zero-order valence-electron chi connectivity index (χ0n) is 12.3. The summed E-state index contributed by atoms with van der Waals surface area (Å²) >= 11 is 0. The average molecular weight is 251 g/mol. The van der Waals surface area contributed by atoms with Gasteiger partial charge in [-0.2, -0.15) is 0 Å². The molecule has 0 saturated carbocycles. The Morgan fingerprint density at radius 1 is 1.22 bits per heavy atom. The summed E-state index contributed by atoms with van der Waals surface area (Å²) in [7, 11) is 2.07. The summed E-state index contributed by atoms with van der Waals surface area (Å²) in [5, 5.41) is 0. The largest absolute Gasteiger partial charge is 0.357 e. The maximum absolute atomic E-state index is 5.49. The lowest BCUT2D eigenvalue weighted by Gasteiger charge is -2.29. The highest BCUT2D eigenvalue weighted by Crippen LogP contribution is 2.25. The van der Waals surface area contributed by atoms with Crippen LogP contribution in [0.2, 0.25) is 0 Å². The van der Waals surface area contributed by atoms with Crippen molar-refractivity contribution in [2.75, 3.05) is 17.4 Å². The number of anilines is 2. The van der Waals surface area contributed by atoms with E-state index in [0.29, 0.717) is 17.8 Å². The Labute approximate surface area is 110 Å². The third-order valence-corrected chi connectivity index (χ3v) is 3.18. The van der Waals surface area contributed by atoms with E-state index < -0.39 is 0 Å². The van der Waals surface area contributed by atoms with Crippen LogP contribution in [0.5, 0.6) is 0 Å². The number of hydrogen-bond acceptors (Lipinski definition) is 5. The van der Waals surface area contributed by atoms with Crippen LogP contribution in [-0.4, -0.2) is 23.1 Å². The number of nitrogens with one attached hydrogen (secondary N) is 1. The smallest absolute Gasteiger partial charge is 0.148 e. The van der Waals surface area contributed by atoms with Gasteiger partial charge in [-0.1, -0.05) is 13.8 Å². The molecule has 0 saturated heterocycles. The fourth-order valence-corrected chi connectivity index (χ4v) is 2.15. The Hall–Kier alpha value is -1.36. The zero-order chi connectivity index (χ0) is 13.9. The molecule has 1 unspecified atom stereocenters. The summed E-state index contributed by atoms with van der Waals surface area (Å²) in [6.45, 7) is 10.5. The van der Waals surface area contributed by atoms with Crippen molar-refractivity contribution in [1.29, 1.82) is 0 Å². The second-order valence-electron chi connectivity index (χ2n) is 5.30. The molecule has 0 radical (unpaired) electrons. The van der Waals surface area contributed by atoms with Crippen molar-refractivity contribution in [3.63, 3.8) is 0 Å². The summed E-state index contributed by atoms with van der Waals surface area (Å²) in [6, 6.07) is 0.434. The summed E-state index contributed by atoms with van der Waals surface area (Å²) < 4.78 is 0. The molecule has 5 heteroatoms. The molecule has 0 aliphatic carbocycles. The van der Waals surface area contributed by atoms with Crippen LogP contribution in [0.1, 0.15) is 38.6 Å². The molecule has 0 aromatic carbocycles. The predicted octanol–water partition coefficient (Wildman–Crippen LogP) is 2.25. The van der Waals surface area contributed by atoms with E-state index >= 15 is 0 Å². The standard InChI is InChI=1S/C13H25N5/c1-8(2)7-9(3)18(6)13-10(4)12(17-14)15-11(5)16-13/h8-9H,7,14H2,1-6H3,(H,15,16,17). The summed E-state index contributed by atoms with van der Waals surface area (Å²) in [5.74, 6) is 8.52. The first-order valence-corrected chi connectivity index (χ1v) is 6.41. The van der Waals surface area contributed by atoms with E-state index in [-0.39, 0.29) is 0 Å². The van der Waals surface area contributed by atoms with Crippen LogP contribution in [0.15, 0.2) is 0 Å². The molecule has 0 amide bonds. The molecule has 0 spiro atoms. The van der Waals surface area contributed by atoms with E-state index in [1.54, 1.807) is 0 Å². The van der Waals surface area contributed by atoms with Crippen LogP contribution >= 0.6 is 0 Å². The first kappa shape index (κ1) is 14.7. The molecule has 0 bridgehead atoms. The fourth-order valence-electron chi connectivity index (χ4n) is 2.15. The van der Waals surface area contributed by atoms with Gasteiger partial charge in [0.2, 0.25) is 0 Å². The third kappa shape index (κ3) is 3.32. The van der Waals surface area contributed by atoms with Crippen LogP contribution in [0.3, 0.4) is 0 Å². The molecule has 1 rings (SSSR count). The molecule has 3 N–H and O–H groups in total. The third-order valence-electron chi connectivity index (χ3n) is 3.18. The van der Waals surface area contributed by atoms with Gasteiger partial charge in [0, 0.05) is 18.7 Å². The van der Waals surface area contributed by atoms with E-state index in [4.69, 9.17) is 5.84 Å². The van der Waals surface area contributed by atoms with Gasteiger partial charge in [0.05, 0.1) is 0 Å². The lowest BCUT2D eigenvalue weighted by molar-refractivity contribution is 0.501. The minimum absolute atomic E-state index is 0.434. The lowest BCUT2D eigenvalue weighted by atomic mass is 10.0. The molecule has 1 heterocycles. The van der Waals surface area contributed by atoms with Gasteiger partial charge in [-0.25, -0.2) is 15.8 Å². The van der Waals surface area contributed by atoms with E-state index in [1.807, 2.05) is 13.8 Å². The number of hydrazine groups is 1. The van der Waals surface area contributed by atoms with Crippen LogP contribution in [0, 0.1) is 19.8 Å². The van der Waals surface area contributed by atoms with Crippen molar-refractivity contribution in [3.05, 3.63) is 11.4 Å². The Morgan fingerprint density at radius 3 is 2.33 bits per heavy atom. The van der Waals surface area contributed by atoms with Crippen molar-refractivity contribution in [1.82, 2.24) is 9.97 Å². The number of nitrogens with zero attached hydrogens (tertiary/aromatic N) is 3. The van der Waals surface area contributed by atoms with Crippen LogP contribution in [0.4, 0.5) is 11.6 Å². The second-order valence-corrected chi connectivity index (χ2v) is 5.30. The van der Waals surface area contributed by atoms with Gasteiger partial charge < -0.3 is 10.3 Å². The molecule has 1 aromatic rings. The molecular weight excluding hydrogens is 226 g/mol. The average Bonchev–Trinajstić information content (AvgIpc) is 2.29. The van der Waals surface area contributed by atoms with Crippen LogP contribution < -0.4 is 16.2 Å². The number of rotatable bonds is 5. The minimum Gasteiger partial charge on any atom is -0.357 e. The van der Waals surface area contributed by atoms with Crippen molar-refractivity contribution in [3.8, 4) is 0 Å². The first-order chi connectivity index (χ1) is 8.36. The van der Waals surface area contributed by atoms with Gasteiger partial charge in [0.25, 0.3) is 0 Å². The van der Waals surface area contributed by atoms with Crippen LogP contribution in [-0.2, 0) is 0 Å². The molecular formula is C13H25N5. The maximum atomic E-state index is 5.49. The van der Waals surface area contributed by atoms with E-state index in [0.717, 1.165) is 23.6 Å². The Morgan fingerprint density at radius 2 is 1.83 bits per heavy atom. The van der Waals surface area contributed by atoms with Gasteiger partial charge in [-0.15, -0.1) is 0 Å². The Balaban J connectivity index is 3.04. The zero-order valence-corrected chi connectivity index (χ0v) is 12.3. The maximum Gasteiger partial charge on any atom is 0.148 e. The monoisotopic (exact) mass is 251 g/mol. The van der Waals surface area contributed by atoms with E-state index in [1.165, 1.54) is 0 Å². The second kappa shape index (κ2) is 6.00. The Kier molecular flexibility index (Phi) is 4.90. The van der Waals surface area contributed by atoms with Crippen LogP contribution in [0.25, 0.3) is 0 Å². The van der Waals surface area contributed by atoms with Crippen molar-refractivity contribution in [2.24, 2.45) is 11.8 Å². The molecule has 5 nitrogen and oxygen atoms in total. The molecule has 1 aromatic heterocycles. The van der Waals surface area contributed by atoms with Gasteiger partial charge in [-0.05, 0) is 33.1 Å². The summed E-state index contributed by atoms with van der Waals surface area (Å²) in [5.41, 5.74) is 3.62. The first-order valence-electron chi connectivity index (χ1n) is 6.41. The van der Waals surface area contributed by atoms with Gasteiger partial charge in [0.15, 0.2) is 0 Å². The number of aromatic nitrogens is 2. The highest BCUT2D eigenvalue weighted by atomic mass is 15.3. The molecule has 0 fully saturated rings. The molecule has 0 aliphatic heterocycles. The molecule has 0 aliphatic rings. The van der Waals surface area contributed by atoms with Gasteiger partial charge >= 0.3 is 0 Å². The number of nitrogens with two attached hydrogens (primary N) is 1. The SMILES string of the molecule is Cc1nc(NN)c(C)c(N(C)C(C)CC(C)C)n1. The van der Waals surface area contributed by atoms with Crippen molar-refractivity contribution >= 4 is 11.6 Å². The molecule has 102 valence electrons. The van der Waals surface area contributed by atoms with Gasteiger partial charge in [-0.3, -0.25) is 0 Å². The van der Waals surface area contributed by atoms with Crippen molar-refractivity contribution < 1.29 is 0 Å². The summed E-state index contributed by atoms with van der Waals surface area (Å²) in [4.78, 5) is 11.0. The highest BCUT2D eigenvalue weighted by Gasteiger charge is 2.17. The summed E-state index contributed by atoms with van der Waals surface area (Å²) in [6.07, 6.45) is 1.13.